The van der Waals surface area contributed by atoms with Crippen LogP contribution in [0.15, 0.2) is 28.9 Å². The lowest BCUT2D eigenvalue weighted by atomic mass is 10.3. The Kier molecular flexibility index (Phi) is 3.27. The Morgan fingerprint density at radius 2 is 2.33 bits per heavy atom. The Labute approximate surface area is 120 Å². The molecule has 0 saturated carbocycles. The molecule has 3 aromatic rings. The van der Waals surface area contributed by atoms with Crippen molar-refractivity contribution in [1.82, 2.24) is 19.7 Å². The second kappa shape index (κ2) is 5.23. The quantitative estimate of drug-likeness (QED) is 0.745. The predicted molar refractivity (Wildman–Crippen MR) is 76.5 cm³/mol. The number of amides is 1. The van der Waals surface area contributed by atoms with Crippen molar-refractivity contribution in [3.05, 3.63) is 30.4 Å². The number of hydrogen-bond donors (Lipinski definition) is 2. The molecule has 0 aliphatic rings. The molecule has 3 N–H and O–H groups in total. The van der Waals surface area contributed by atoms with E-state index in [1.54, 1.807) is 18.2 Å². The van der Waals surface area contributed by atoms with Gasteiger partial charge in [0, 0.05) is 12.1 Å². The third kappa shape index (κ3) is 2.83. The van der Waals surface area contributed by atoms with Gasteiger partial charge in [-0.25, -0.2) is 14.6 Å². The SMILES string of the molecule is CCc1nc2cc(NC(=O)Cn3cnc(N)n3)ccc2o1. The molecule has 0 atom stereocenters. The highest BCUT2D eigenvalue weighted by atomic mass is 16.3. The van der Waals surface area contributed by atoms with Gasteiger partial charge >= 0.3 is 0 Å². The fourth-order valence-corrected chi connectivity index (χ4v) is 1.94. The average molecular weight is 286 g/mol. The fourth-order valence-electron chi connectivity index (χ4n) is 1.94. The molecule has 1 amide bonds. The highest BCUT2D eigenvalue weighted by Crippen LogP contribution is 2.20. The van der Waals surface area contributed by atoms with Crippen LogP contribution in [0.3, 0.4) is 0 Å². The maximum absolute atomic E-state index is 11.9. The Hall–Kier alpha value is -2.90. The van der Waals surface area contributed by atoms with Crippen LogP contribution < -0.4 is 11.1 Å². The van der Waals surface area contributed by atoms with Crippen molar-refractivity contribution in [3.63, 3.8) is 0 Å². The molecule has 8 nitrogen and oxygen atoms in total. The van der Waals surface area contributed by atoms with Crippen molar-refractivity contribution in [3.8, 4) is 0 Å². The van der Waals surface area contributed by atoms with E-state index in [0.29, 0.717) is 17.2 Å². The highest BCUT2D eigenvalue weighted by Gasteiger charge is 2.08. The molecule has 0 radical (unpaired) electrons. The van der Waals surface area contributed by atoms with Crippen molar-refractivity contribution in [2.45, 2.75) is 19.9 Å². The number of carbonyl (C=O) groups excluding carboxylic acids is 1. The van der Waals surface area contributed by atoms with E-state index in [1.807, 2.05) is 6.92 Å². The van der Waals surface area contributed by atoms with Crippen molar-refractivity contribution < 1.29 is 9.21 Å². The largest absolute Gasteiger partial charge is 0.441 e. The number of rotatable bonds is 4. The summed E-state index contributed by atoms with van der Waals surface area (Å²) >= 11 is 0. The van der Waals surface area contributed by atoms with E-state index in [1.165, 1.54) is 11.0 Å². The minimum Gasteiger partial charge on any atom is -0.441 e. The Morgan fingerprint density at radius 1 is 1.48 bits per heavy atom. The van der Waals surface area contributed by atoms with Crippen LogP contribution in [0, 0.1) is 0 Å². The molecule has 0 fully saturated rings. The fraction of sp³-hybridized carbons (Fsp3) is 0.231. The van der Waals surface area contributed by atoms with Gasteiger partial charge in [-0.2, -0.15) is 0 Å². The molecule has 0 unspecified atom stereocenters. The zero-order chi connectivity index (χ0) is 14.8. The number of nitrogens with one attached hydrogen (secondary N) is 1. The van der Waals surface area contributed by atoms with Crippen LogP contribution >= 0.6 is 0 Å². The molecule has 0 aliphatic heterocycles. The van der Waals surface area contributed by atoms with Gasteiger partial charge in [-0.15, -0.1) is 5.10 Å². The van der Waals surface area contributed by atoms with Gasteiger partial charge in [-0.3, -0.25) is 4.79 Å². The van der Waals surface area contributed by atoms with Crippen LogP contribution in [0.2, 0.25) is 0 Å². The summed E-state index contributed by atoms with van der Waals surface area (Å²) in [5, 5.41) is 6.62. The summed E-state index contributed by atoms with van der Waals surface area (Å²) in [7, 11) is 0. The lowest BCUT2D eigenvalue weighted by molar-refractivity contribution is -0.116. The summed E-state index contributed by atoms with van der Waals surface area (Å²) in [5.74, 6) is 0.587. The lowest BCUT2D eigenvalue weighted by Crippen LogP contribution is -2.19. The first-order valence-corrected chi connectivity index (χ1v) is 6.48. The highest BCUT2D eigenvalue weighted by molar-refractivity contribution is 5.92. The molecule has 1 aromatic carbocycles. The van der Waals surface area contributed by atoms with Gasteiger partial charge in [0.15, 0.2) is 11.5 Å². The molecule has 0 saturated heterocycles. The predicted octanol–water partition coefficient (Wildman–Crippen LogP) is 1.20. The molecular formula is C13H14N6O2. The second-order valence-corrected chi connectivity index (χ2v) is 4.49. The number of nitrogens with two attached hydrogens (primary N) is 1. The van der Waals surface area contributed by atoms with Gasteiger partial charge in [0.25, 0.3) is 0 Å². The third-order valence-corrected chi connectivity index (χ3v) is 2.88. The normalized spacial score (nSPS) is 10.9. The average Bonchev–Trinajstić information content (AvgIpc) is 3.04. The first-order valence-electron chi connectivity index (χ1n) is 6.48. The first-order chi connectivity index (χ1) is 10.1. The monoisotopic (exact) mass is 286 g/mol. The number of nitrogens with zero attached hydrogens (tertiary/aromatic N) is 4. The number of hydrogen-bond acceptors (Lipinski definition) is 6. The van der Waals surface area contributed by atoms with Gasteiger partial charge in [0.05, 0.1) is 0 Å². The Balaban J connectivity index is 1.73. The molecule has 3 rings (SSSR count). The Morgan fingerprint density at radius 3 is 3.05 bits per heavy atom. The summed E-state index contributed by atoms with van der Waals surface area (Å²) in [4.78, 5) is 20.0. The molecule has 2 aromatic heterocycles. The molecule has 0 bridgehead atoms. The number of aryl methyl sites for hydroxylation is 1. The van der Waals surface area contributed by atoms with E-state index in [-0.39, 0.29) is 18.4 Å². The summed E-state index contributed by atoms with van der Waals surface area (Å²) in [5.41, 5.74) is 7.46. The molecule has 8 heteroatoms. The van der Waals surface area contributed by atoms with Crippen molar-refractivity contribution in [2.24, 2.45) is 0 Å². The third-order valence-electron chi connectivity index (χ3n) is 2.88. The zero-order valence-corrected chi connectivity index (χ0v) is 11.4. The van der Waals surface area contributed by atoms with E-state index in [4.69, 9.17) is 10.2 Å². The van der Waals surface area contributed by atoms with E-state index in [2.05, 4.69) is 20.4 Å². The van der Waals surface area contributed by atoms with Crippen molar-refractivity contribution in [1.29, 1.82) is 0 Å². The number of benzene rings is 1. The number of aromatic nitrogens is 4. The van der Waals surface area contributed by atoms with Gasteiger partial charge in [0.1, 0.15) is 18.4 Å². The molecule has 0 aliphatic carbocycles. The van der Waals surface area contributed by atoms with Crippen LogP contribution in [0.5, 0.6) is 0 Å². The molecular weight excluding hydrogens is 272 g/mol. The maximum atomic E-state index is 11.9. The van der Waals surface area contributed by atoms with Crippen LogP contribution in [0.1, 0.15) is 12.8 Å². The smallest absolute Gasteiger partial charge is 0.246 e. The van der Waals surface area contributed by atoms with Crippen LogP contribution in [0.25, 0.3) is 11.1 Å². The molecule has 2 heterocycles. The maximum Gasteiger partial charge on any atom is 0.246 e. The Bertz CT molecular complexity index is 791. The zero-order valence-electron chi connectivity index (χ0n) is 11.4. The van der Waals surface area contributed by atoms with E-state index in [9.17, 15) is 4.79 Å². The van der Waals surface area contributed by atoms with Gasteiger partial charge in [-0.1, -0.05) is 6.92 Å². The summed E-state index contributed by atoms with van der Waals surface area (Å²) in [6.45, 7) is 2.01. The number of anilines is 2. The van der Waals surface area contributed by atoms with Gasteiger partial charge in [0.2, 0.25) is 11.9 Å². The number of oxazole rings is 1. The van der Waals surface area contributed by atoms with Gasteiger partial charge in [-0.05, 0) is 18.2 Å². The molecule has 21 heavy (non-hydrogen) atoms. The van der Waals surface area contributed by atoms with Crippen molar-refractivity contribution in [2.75, 3.05) is 11.1 Å². The van der Waals surface area contributed by atoms with E-state index in [0.717, 1.165) is 11.9 Å². The van der Waals surface area contributed by atoms with E-state index >= 15 is 0 Å². The first kappa shape index (κ1) is 13.1. The minimum atomic E-state index is -0.224. The van der Waals surface area contributed by atoms with Crippen LogP contribution in [-0.2, 0) is 17.8 Å². The lowest BCUT2D eigenvalue weighted by Gasteiger charge is -2.04. The number of carbonyl (C=O) groups is 1. The standard InChI is InChI=1S/C13H14N6O2/c1-2-12-17-9-5-8(3-4-10(9)21-12)16-11(20)6-19-7-15-13(14)18-19/h3-5,7H,2,6H2,1H3,(H2,14,18)(H,16,20). The van der Waals surface area contributed by atoms with Gasteiger partial charge < -0.3 is 15.5 Å². The van der Waals surface area contributed by atoms with Crippen LogP contribution in [0.4, 0.5) is 11.6 Å². The molecule has 0 spiro atoms. The second-order valence-electron chi connectivity index (χ2n) is 4.49. The van der Waals surface area contributed by atoms with Crippen molar-refractivity contribution >= 4 is 28.6 Å². The number of fused-ring (bicyclic) bond motifs is 1. The summed E-state index contributed by atoms with van der Waals surface area (Å²) in [6.07, 6.45) is 2.13. The topological polar surface area (TPSA) is 112 Å². The number of nitrogen functional groups attached to an aromatic ring is 1. The van der Waals surface area contributed by atoms with Crippen LogP contribution in [-0.4, -0.2) is 25.7 Å². The minimum absolute atomic E-state index is 0.0429. The van der Waals surface area contributed by atoms with E-state index < -0.39 is 0 Å². The summed E-state index contributed by atoms with van der Waals surface area (Å²) in [6, 6.07) is 5.32. The summed E-state index contributed by atoms with van der Waals surface area (Å²) < 4.78 is 6.89. The molecule has 108 valence electrons.